The molecule has 2 N–H and O–H groups in total. The van der Waals surface area contributed by atoms with Gasteiger partial charge in [0.05, 0.1) is 24.0 Å². The van der Waals surface area contributed by atoms with Crippen LogP contribution in [0.5, 0.6) is 0 Å². The number of rotatable bonds is 6. The van der Waals surface area contributed by atoms with E-state index in [4.69, 9.17) is 9.84 Å². The van der Waals surface area contributed by atoms with Crippen LogP contribution in [0, 0.1) is 11.8 Å². The van der Waals surface area contributed by atoms with Crippen LogP contribution in [-0.2, 0) is 14.3 Å². The number of carbonyl (C=O) groups is 2. The van der Waals surface area contributed by atoms with E-state index in [0.717, 1.165) is 25.7 Å². The quantitative estimate of drug-likeness (QED) is 0.747. The van der Waals surface area contributed by atoms with Crippen LogP contribution < -0.4 is 5.32 Å². The Labute approximate surface area is 107 Å². The summed E-state index contributed by atoms with van der Waals surface area (Å²) in [6.45, 7) is 2.18. The van der Waals surface area contributed by atoms with Crippen molar-refractivity contribution in [3.63, 3.8) is 0 Å². The van der Waals surface area contributed by atoms with Gasteiger partial charge in [-0.05, 0) is 25.7 Å². The van der Waals surface area contributed by atoms with Crippen LogP contribution in [0.4, 0.5) is 0 Å². The molecule has 2 fully saturated rings. The topological polar surface area (TPSA) is 75.6 Å². The smallest absolute Gasteiger partial charge is 0.308 e. The molecule has 5 heteroatoms. The number of aliphatic carboxylic acids is 1. The Balaban J connectivity index is 1.79. The highest BCUT2D eigenvalue weighted by Crippen LogP contribution is 2.38. The number of fused-ring (bicyclic) bond motifs is 2. The fraction of sp³-hybridized carbons (Fsp3) is 0.846. The Morgan fingerprint density at radius 1 is 1.44 bits per heavy atom. The van der Waals surface area contributed by atoms with Gasteiger partial charge in [0.2, 0.25) is 5.91 Å². The summed E-state index contributed by atoms with van der Waals surface area (Å²) in [6, 6.07) is 0. The van der Waals surface area contributed by atoms with Crippen LogP contribution in [-0.4, -0.2) is 35.7 Å². The van der Waals surface area contributed by atoms with Crippen LogP contribution in [0.2, 0.25) is 0 Å². The van der Waals surface area contributed by atoms with Crippen LogP contribution in [0.1, 0.15) is 39.0 Å². The highest BCUT2D eigenvalue weighted by atomic mass is 16.5. The van der Waals surface area contributed by atoms with Crippen molar-refractivity contribution in [3.05, 3.63) is 0 Å². The van der Waals surface area contributed by atoms with Crippen molar-refractivity contribution in [1.29, 1.82) is 0 Å². The van der Waals surface area contributed by atoms with Gasteiger partial charge in [-0.1, -0.05) is 13.3 Å². The maximum absolute atomic E-state index is 12.0. The summed E-state index contributed by atoms with van der Waals surface area (Å²) in [4.78, 5) is 23.0. The summed E-state index contributed by atoms with van der Waals surface area (Å²) in [5, 5.41) is 11.8. The van der Waals surface area contributed by atoms with Gasteiger partial charge in [-0.3, -0.25) is 9.59 Å². The van der Waals surface area contributed by atoms with E-state index in [1.165, 1.54) is 0 Å². The fourth-order valence-electron chi connectivity index (χ4n) is 2.93. The van der Waals surface area contributed by atoms with E-state index in [9.17, 15) is 9.59 Å². The van der Waals surface area contributed by atoms with Gasteiger partial charge in [0.1, 0.15) is 0 Å². The number of carboxylic acid groups (broad SMARTS) is 1. The third kappa shape index (κ3) is 2.83. The molecule has 5 nitrogen and oxygen atoms in total. The van der Waals surface area contributed by atoms with E-state index in [0.29, 0.717) is 6.42 Å². The highest BCUT2D eigenvalue weighted by Gasteiger charge is 2.44. The van der Waals surface area contributed by atoms with Crippen molar-refractivity contribution in [2.75, 3.05) is 6.54 Å². The van der Waals surface area contributed by atoms with Gasteiger partial charge >= 0.3 is 5.97 Å². The SMILES string of the molecule is CCCC(CNC(=O)C1CC2CCC1O2)C(=O)O. The third-order valence-corrected chi connectivity index (χ3v) is 3.95. The number of amides is 1. The van der Waals surface area contributed by atoms with Crippen LogP contribution >= 0.6 is 0 Å². The van der Waals surface area contributed by atoms with Crippen molar-refractivity contribution >= 4 is 11.9 Å². The molecular formula is C13H21NO4. The molecule has 102 valence electrons. The lowest BCUT2D eigenvalue weighted by Gasteiger charge is -2.19. The molecular weight excluding hydrogens is 234 g/mol. The number of carboxylic acids is 1. The van der Waals surface area contributed by atoms with E-state index in [1.54, 1.807) is 0 Å². The van der Waals surface area contributed by atoms with E-state index in [-0.39, 0.29) is 30.6 Å². The molecule has 0 aromatic heterocycles. The second-order valence-corrected chi connectivity index (χ2v) is 5.29. The average Bonchev–Trinajstić information content (AvgIpc) is 2.95. The van der Waals surface area contributed by atoms with E-state index < -0.39 is 11.9 Å². The van der Waals surface area contributed by atoms with Crippen LogP contribution in [0.15, 0.2) is 0 Å². The molecule has 2 aliphatic heterocycles. The summed E-state index contributed by atoms with van der Waals surface area (Å²) in [5.74, 6) is -1.41. The highest BCUT2D eigenvalue weighted by molar-refractivity contribution is 5.80. The Kier molecular flexibility index (Phi) is 4.22. The fourth-order valence-corrected chi connectivity index (χ4v) is 2.93. The Bertz CT molecular complexity index is 331. The largest absolute Gasteiger partial charge is 0.481 e. The maximum atomic E-state index is 12.0. The normalized spacial score (nSPS) is 31.3. The molecule has 2 rings (SSSR count). The van der Waals surface area contributed by atoms with Gasteiger partial charge in [-0.25, -0.2) is 0 Å². The number of hydrogen-bond donors (Lipinski definition) is 2. The summed E-state index contributed by atoms with van der Waals surface area (Å²) in [7, 11) is 0. The number of carbonyl (C=O) groups excluding carboxylic acids is 1. The lowest BCUT2D eigenvalue weighted by molar-refractivity contribution is -0.142. The molecule has 0 saturated carbocycles. The Morgan fingerprint density at radius 3 is 2.72 bits per heavy atom. The zero-order valence-corrected chi connectivity index (χ0v) is 10.7. The molecule has 0 spiro atoms. The second-order valence-electron chi connectivity index (χ2n) is 5.29. The van der Waals surface area contributed by atoms with Gasteiger partial charge in [-0.2, -0.15) is 0 Å². The van der Waals surface area contributed by atoms with E-state index in [1.807, 2.05) is 6.92 Å². The van der Waals surface area contributed by atoms with Crippen molar-refractivity contribution in [3.8, 4) is 0 Å². The van der Waals surface area contributed by atoms with Gasteiger partial charge < -0.3 is 15.2 Å². The lowest BCUT2D eigenvalue weighted by Crippen LogP contribution is -2.39. The maximum Gasteiger partial charge on any atom is 0.308 e. The molecule has 2 bridgehead atoms. The minimum Gasteiger partial charge on any atom is -0.481 e. The van der Waals surface area contributed by atoms with Gasteiger partial charge in [0, 0.05) is 6.54 Å². The molecule has 2 aliphatic rings. The standard InChI is InChI=1S/C13H21NO4/c1-2-3-8(13(16)17)7-14-12(15)10-6-9-4-5-11(10)18-9/h8-11H,2-7H2,1H3,(H,14,15)(H,16,17). The summed E-state index contributed by atoms with van der Waals surface area (Å²) in [5.41, 5.74) is 0. The minimum atomic E-state index is -0.832. The molecule has 0 aromatic rings. The van der Waals surface area contributed by atoms with Crippen LogP contribution in [0.3, 0.4) is 0 Å². The molecule has 0 radical (unpaired) electrons. The predicted molar refractivity (Wildman–Crippen MR) is 65.0 cm³/mol. The predicted octanol–water partition coefficient (Wildman–Crippen LogP) is 1.17. The molecule has 1 amide bonds. The average molecular weight is 255 g/mol. The Morgan fingerprint density at radius 2 is 2.22 bits per heavy atom. The molecule has 0 aromatic carbocycles. The molecule has 4 atom stereocenters. The zero-order valence-electron chi connectivity index (χ0n) is 10.7. The third-order valence-electron chi connectivity index (χ3n) is 3.95. The zero-order chi connectivity index (χ0) is 13.1. The van der Waals surface area contributed by atoms with Crippen molar-refractivity contribution in [2.24, 2.45) is 11.8 Å². The summed E-state index contributed by atoms with van der Waals surface area (Å²) >= 11 is 0. The lowest BCUT2D eigenvalue weighted by atomic mass is 9.88. The number of nitrogens with one attached hydrogen (secondary N) is 1. The van der Waals surface area contributed by atoms with E-state index in [2.05, 4.69) is 5.32 Å². The Hall–Kier alpha value is -1.10. The first-order valence-electron chi connectivity index (χ1n) is 6.77. The number of ether oxygens (including phenoxy) is 1. The minimum absolute atomic E-state index is 0.0375. The first kappa shape index (κ1) is 13.3. The first-order valence-corrected chi connectivity index (χ1v) is 6.77. The van der Waals surface area contributed by atoms with Crippen LogP contribution in [0.25, 0.3) is 0 Å². The van der Waals surface area contributed by atoms with Gasteiger partial charge in [0.25, 0.3) is 0 Å². The molecule has 4 unspecified atom stereocenters. The van der Waals surface area contributed by atoms with Crippen molar-refractivity contribution < 1.29 is 19.4 Å². The van der Waals surface area contributed by atoms with Gasteiger partial charge in [-0.15, -0.1) is 0 Å². The molecule has 18 heavy (non-hydrogen) atoms. The molecule has 2 heterocycles. The first-order chi connectivity index (χ1) is 8.61. The monoisotopic (exact) mass is 255 g/mol. The van der Waals surface area contributed by atoms with Gasteiger partial charge in [0.15, 0.2) is 0 Å². The van der Waals surface area contributed by atoms with Crippen molar-refractivity contribution in [1.82, 2.24) is 5.32 Å². The summed E-state index contributed by atoms with van der Waals surface area (Å²) < 4.78 is 5.63. The van der Waals surface area contributed by atoms with E-state index >= 15 is 0 Å². The molecule has 0 aliphatic carbocycles. The molecule has 2 saturated heterocycles. The summed E-state index contributed by atoms with van der Waals surface area (Å²) in [6.07, 6.45) is 4.53. The second kappa shape index (κ2) is 5.69. The van der Waals surface area contributed by atoms with Crippen molar-refractivity contribution in [2.45, 2.75) is 51.2 Å². The number of hydrogen-bond acceptors (Lipinski definition) is 3.